The van der Waals surface area contributed by atoms with Crippen molar-refractivity contribution in [2.45, 2.75) is 19.9 Å². The first-order valence-corrected chi connectivity index (χ1v) is 4.06. The minimum absolute atomic E-state index is 0.389. The molecule has 0 bridgehead atoms. The van der Waals surface area contributed by atoms with E-state index in [1.165, 1.54) is 0 Å². The lowest BCUT2D eigenvalue weighted by Gasteiger charge is -1.97. The molecule has 1 rings (SSSR count). The molecular weight excluding hydrogens is 168 g/mol. The number of nitrogens with zero attached hydrogens (tertiary/aromatic N) is 2. The average Bonchev–Trinajstić information content (AvgIpc) is 2.56. The molecule has 0 aromatic carbocycles. The summed E-state index contributed by atoms with van der Waals surface area (Å²) >= 11 is 0. The number of allylic oxidation sites excluding steroid dienone is 1. The predicted molar refractivity (Wildman–Crippen MR) is 48.2 cm³/mol. The summed E-state index contributed by atoms with van der Waals surface area (Å²) in [4.78, 5) is 14.3. The topological polar surface area (TPSA) is 55.1 Å². The summed E-state index contributed by atoms with van der Waals surface area (Å²) < 4.78 is 1.91. The number of carbonyl (C=O) groups is 1. The van der Waals surface area contributed by atoms with E-state index in [1.807, 2.05) is 10.8 Å². The number of carboxylic acids is 1. The summed E-state index contributed by atoms with van der Waals surface area (Å²) in [5.41, 5.74) is 0.389. The van der Waals surface area contributed by atoms with Crippen LogP contribution in [0.15, 0.2) is 30.4 Å². The first kappa shape index (κ1) is 9.51. The number of imidazole rings is 1. The number of rotatable bonds is 4. The highest BCUT2D eigenvalue weighted by Crippen LogP contribution is 1.97. The standard InChI is InChI=1S/C9H12N2O2/c1-8(9(12)13)3-2-5-11-6-4-10-7-11/h3-4,6-7H,2,5H2,1H3,(H,12,13)/b8-3+. The van der Waals surface area contributed by atoms with Crippen LogP contribution in [0.1, 0.15) is 13.3 Å². The first-order chi connectivity index (χ1) is 6.20. The summed E-state index contributed by atoms with van der Waals surface area (Å²) in [5, 5.41) is 8.55. The van der Waals surface area contributed by atoms with Crippen molar-refractivity contribution in [1.82, 2.24) is 9.55 Å². The van der Waals surface area contributed by atoms with Crippen molar-refractivity contribution in [3.63, 3.8) is 0 Å². The Morgan fingerprint density at radius 1 is 1.69 bits per heavy atom. The quantitative estimate of drug-likeness (QED) is 0.710. The fourth-order valence-corrected chi connectivity index (χ4v) is 0.936. The van der Waals surface area contributed by atoms with Gasteiger partial charge in [-0.1, -0.05) is 6.08 Å². The molecule has 4 heteroatoms. The Hall–Kier alpha value is -1.58. The molecular formula is C9H12N2O2. The molecule has 0 spiro atoms. The third kappa shape index (κ3) is 3.11. The van der Waals surface area contributed by atoms with Crippen LogP contribution in [0.4, 0.5) is 0 Å². The molecule has 0 fully saturated rings. The lowest BCUT2D eigenvalue weighted by molar-refractivity contribution is -0.132. The maximum Gasteiger partial charge on any atom is 0.330 e. The number of hydrogen-bond acceptors (Lipinski definition) is 2. The predicted octanol–water partition coefficient (Wildman–Crippen LogP) is 1.30. The number of aliphatic carboxylic acids is 1. The van der Waals surface area contributed by atoms with Crippen LogP contribution in [0.25, 0.3) is 0 Å². The first-order valence-electron chi connectivity index (χ1n) is 4.06. The maximum absolute atomic E-state index is 10.4. The van der Waals surface area contributed by atoms with Gasteiger partial charge >= 0.3 is 5.97 Å². The summed E-state index contributed by atoms with van der Waals surface area (Å²) in [6.45, 7) is 2.36. The molecule has 0 saturated heterocycles. The lowest BCUT2D eigenvalue weighted by atomic mass is 10.2. The van der Waals surface area contributed by atoms with Gasteiger partial charge in [-0.05, 0) is 13.3 Å². The van der Waals surface area contributed by atoms with Gasteiger partial charge in [-0.2, -0.15) is 0 Å². The summed E-state index contributed by atoms with van der Waals surface area (Å²) in [6, 6.07) is 0. The molecule has 0 saturated carbocycles. The SMILES string of the molecule is C/C(=C\CCn1ccnc1)C(=O)O. The summed E-state index contributed by atoms with van der Waals surface area (Å²) in [5.74, 6) is -0.856. The van der Waals surface area contributed by atoms with Crippen molar-refractivity contribution >= 4 is 5.97 Å². The molecule has 1 heterocycles. The number of carboxylic acid groups (broad SMARTS) is 1. The van der Waals surface area contributed by atoms with Crippen LogP contribution in [0.5, 0.6) is 0 Å². The van der Waals surface area contributed by atoms with Crippen molar-refractivity contribution in [2.75, 3.05) is 0 Å². The highest BCUT2D eigenvalue weighted by molar-refractivity contribution is 5.85. The Morgan fingerprint density at radius 2 is 2.46 bits per heavy atom. The molecule has 70 valence electrons. The van der Waals surface area contributed by atoms with E-state index in [1.54, 1.807) is 25.5 Å². The molecule has 0 unspecified atom stereocenters. The highest BCUT2D eigenvalue weighted by atomic mass is 16.4. The molecule has 0 aliphatic heterocycles. The number of hydrogen-bond donors (Lipinski definition) is 1. The fourth-order valence-electron chi connectivity index (χ4n) is 0.936. The highest BCUT2D eigenvalue weighted by Gasteiger charge is 1.97. The monoisotopic (exact) mass is 180 g/mol. The van der Waals surface area contributed by atoms with Gasteiger partial charge in [-0.3, -0.25) is 0 Å². The van der Waals surface area contributed by atoms with E-state index in [0.717, 1.165) is 6.54 Å². The second kappa shape index (κ2) is 4.45. The molecule has 4 nitrogen and oxygen atoms in total. The van der Waals surface area contributed by atoms with Gasteiger partial charge in [0.25, 0.3) is 0 Å². The number of aromatic nitrogens is 2. The van der Waals surface area contributed by atoms with E-state index < -0.39 is 5.97 Å². The maximum atomic E-state index is 10.4. The minimum Gasteiger partial charge on any atom is -0.478 e. The van der Waals surface area contributed by atoms with Gasteiger partial charge in [0.15, 0.2) is 0 Å². The van der Waals surface area contributed by atoms with E-state index in [4.69, 9.17) is 5.11 Å². The van der Waals surface area contributed by atoms with Crippen molar-refractivity contribution in [3.05, 3.63) is 30.4 Å². The van der Waals surface area contributed by atoms with Crippen molar-refractivity contribution < 1.29 is 9.90 Å². The van der Waals surface area contributed by atoms with Gasteiger partial charge in [0, 0.05) is 24.5 Å². The van der Waals surface area contributed by atoms with Gasteiger partial charge in [0.1, 0.15) is 0 Å². The van der Waals surface area contributed by atoms with Crippen molar-refractivity contribution in [3.8, 4) is 0 Å². The fraction of sp³-hybridized carbons (Fsp3) is 0.333. The molecule has 0 radical (unpaired) electrons. The van der Waals surface area contributed by atoms with E-state index in [2.05, 4.69) is 4.98 Å². The summed E-state index contributed by atoms with van der Waals surface area (Å²) in [6.07, 6.45) is 7.69. The van der Waals surface area contributed by atoms with Gasteiger partial charge in [0.2, 0.25) is 0 Å². The van der Waals surface area contributed by atoms with Crippen molar-refractivity contribution in [1.29, 1.82) is 0 Å². The Labute approximate surface area is 76.5 Å². The zero-order valence-corrected chi connectivity index (χ0v) is 7.47. The van der Waals surface area contributed by atoms with Crippen LogP contribution in [-0.2, 0) is 11.3 Å². The normalized spacial score (nSPS) is 11.6. The minimum atomic E-state index is -0.856. The molecule has 1 N–H and O–H groups in total. The van der Waals surface area contributed by atoms with Crippen LogP contribution in [0.3, 0.4) is 0 Å². The molecule has 0 atom stereocenters. The molecule has 1 aromatic rings. The van der Waals surface area contributed by atoms with Gasteiger partial charge < -0.3 is 9.67 Å². The van der Waals surface area contributed by atoms with Crippen LogP contribution in [0, 0.1) is 0 Å². The van der Waals surface area contributed by atoms with E-state index in [0.29, 0.717) is 12.0 Å². The smallest absolute Gasteiger partial charge is 0.330 e. The average molecular weight is 180 g/mol. The second-order valence-electron chi connectivity index (χ2n) is 2.78. The Morgan fingerprint density at radius 3 is 3.00 bits per heavy atom. The van der Waals surface area contributed by atoms with Crippen LogP contribution in [0.2, 0.25) is 0 Å². The van der Waals surface area contributed by atoms with Gasteiger partial charge in [-0.15, -0.1) is 0 Å². The van der Waals surface area contributed by atoms with Crippen LogP contribution < -0.4 is 0 Å². The summed E-state index contributed by atoms with van der Waals surface area (Å²) in [7, 11) is 0. The third-order valence-corrected chi connectivity index (χ3v) is 1.73. The zero-order chi connectivity index (χ0) is 9.68. The van der Waals surface area contributed by atoms with E-state index >= 15 is 0 Å². The largest absolute Gasteiger partial charge is 0.478 e. The molecule has 13 heavy (non-hydrogen) atoms. The van der Waals surface area contributed by atoms with Crippen molar-refractivity contribution in [2.24, 2.45) is 0 Å². The zero-order valence-electron chi connectivity index (χ0n) is 7.47. The Bertz CT molecular complexity index is 301. The Balaban J connectivity index is 2.36. The second-order valence-corrected chi connectivity index (χ2v) is 2.78. The third-order valence-electron chi connectivity index (χ3n) is 1.73. The molecule has 0 aliphatic rings. The van der Waals surface area contributed by atoms with Gasteiger partial charge in [-0.25, -0.2) is 9.78 Å². The number of aryl methyl sites for hydroxylation is 1. The van der Waals surface area contributed by atoms with E-state index in [9.17, 15) is 4.79 Å². The van der Waals surface area contributed by atoms with Crippen LogP contribution in [-0.4, -0.2) is 20.6 Å². The van der Waals surface area contributed by atoms with Gasteiger partial charge in [0.05, 0.1) is 6.33 Å². The Kier molecular flexibility index (Phi) is 3.25. The molecule has 1 aromatic heterocycles. The van der Waals surface area contributed by atoms with E-state index in [-0.39, 0.29) is 0 Å². The molecule has 0 amide bonds. The molecule has 0 aliphatic carbocycles. The lowest BCUT2D eigenvalue weighted by Crippen LogP contribution is -1.98. The van der Waals surface area contributed by atoms with Crippen LogP contribution >= 0.6 is 0 Å².